The maximum absolute atomic E-state index is 11.7. The zero-order valence-corrected chi connectivity index (χ0v) is 12.2. The Kier molecular flexibility index (Phi) is 4.14. The molecule has 0 spiro atoms. The van der Waals surface area contributed by atoms with Crippen LogP contribution in [0.25, 0.3) is 0 Å². The van der Waals surface area contributed by atoms with E-state index in [-0.39, 0.29) is 5.91 Å². The molecule has 3 rings (SSSR count). The van der Waals surface area contributed by atoms with E-state index in [4.69, 9.17) is 0 Å². The molecular weight excluding hydrogens is 268 g/mol. The van der Waals surface area contributed by atoms with E-state index in [0.717, 1.165) is 31.7 Å². The van der Waals surface area contributed by atoms with Crippen molar-refractivity contribution in [2.45, 2.75) is 25.9 Å². The molecule has 2 aromatic rings. The van der Waals surface area contributed by atoms with Crippen molar-refractivity contribution in [3.63, 3.8) is 0 Å². The topological polar surface area (TPSA) is 32.3 Å². The summed E-state index contributed by atoms with van der Waals surface area (Å²) in [5, 5.41) is 7.69. The number of hydrogen-bond donors (Lipinski definition) is 1. The summed E-state index contributed by atoms with van der Waals surface area (Å²) in [7, 11) is 0. The van der Waals surface area contributed by atoms with Crippen LogP contribution in [-0.2, 0) is 17.9 Å². The molecule has 0 radical (unpaired) electrons. The third-order valence-electron chi connectivity index (χ3n) is 3.56. The predicted octanol–water partition coefficient (Wildman–Crippen LogP) is 3.16. The average molecular weight is 286 g/mol. The lowest BCUT2D eigenvalue weighted by Gasteiger charge is -2.16. The summed E-state index contributed by atoms with van der Waals surface area (Å²) in [5.41, 5.74) is 3.60. The highest BCUT2D eigenvalue weighted by Gasteiger charge is 2.21. The molecule has 3 nitrogen and oxygen atoms in total. The molecule has 2 heterocycles. The lowest BCUT2D eigenvalue weighted by atomic mass is 10.2. The van der Waals surface area contributed by atoms with E-state index in [0.29, 0.717) is 6.42 Å². The number of anilines is 1. The quantitative estimate of drug-likeness (QED) is 0.915. The highest BCUT2D eigenvalue weighted by Crippen LogP contribution is 2.21. The van der Waals surface area contributed by atoms with Gasteiger partial charge < -0.3 is 10.2 Å². The van der Waals surface area contributed by atoms with Crippen molar-refractivity contribution in [3.8, 4) is 0 Å². The third-order valence-corrected chi connectivity index (χ3v) is 4.29. The van der Waals surface area contributed by atoms with Gasteiger partial charge in [0.15, 0.2) is 0 Å². The van der Waals surface area contributed by atoms with Crippen LogP contribution in [0.4, 0.5) is 5.69 Å². The first kappa shape index (κ1) is 13.3. The smallest absolute Gasteiger partial charge is 0.227 e. The fraction of sp³-hybridized carbons (Fsp3) is 0.312. The van der Waals surface area contributed by atoms with Crippen molar-refractivity contribution >= 4 is 22.9 Å². The Morgan fingerprint density at radius 3 is 2.55 bits per heavy atom. The first-order valence-corrected chi connectivity index (χ1v) is 7.88. The van der Waals surface area contributed by atoms with E-state index in [1.807, 2.05) is 17.0 Å². The van der Waals surface area contributed by atoms with Gasteiger partial charge in [0.05, 0.1) is 0 Å². The second-order valence-electron chi connectivity index (χ2n) is 5.05. The van der Waals surface area contributed by atoms with Crippen molar-refractivity contribution in [2.24, 2.45) is 0 Å². The van der Waals surface area contributed by atoms with Crippen LogP contribution in [0.3, 0.4) is 0 Å². The van der Waals surface area contributed by atoms with Crippen molar-refractivity contribution in [3.05, 3.63) is 52.2 Å². The van der Waals surface area contributed by atoms with Gasteiger partial charge >= 0.3 is 0 Å². The summed E-state index contributed by atoms with van der Waals surface area (Å²) in [6.45, 7) is 2.61. The molecule has 1 saturated heterocycles. The molecule has 1 amide bonds. The maximum atomic E-state index is 11.7. The molecule has 0 unspecified atom stereocenters. The first-order valence-electron chi connectivity index (χ1n) is 6.94. The van der Waals surface area contributed by atoms with Gasteiger partial charge in [-0.25, -0.2) is 0 Å². The molecule has 1 aromatic carbocycles. The van der Waals surface area contributed by atoms with Gasteiger partial charge in [-0.2, -0.15) is 11.3 Å². The lowest BCUT2D eigenvalue weighted by Crippen LogP contribution is -2.23. The van der Waals surface area contributed by atoms with Crippen LogP contribution in [0, 0.1) is 0 Å². The average Bonchev–Trinajstić information content (AvgIpc) is 3.11. The van der Waals surface area contributed by atoms with Crippen LogP contribution in [0.15, 0.2) is 41.1 Å². The van der Waals surface area contributed by atoms with Crippen molar-refractivity contribution < 1.29 is 4.79 Å². The molecule has 0 atom stereocenters. The number of amides is 1. The standard InChI is InChI=1S/C16H18N2OS/c19-16-2-1-8-18(16)15-5-3-13(4-6-15)10-17-11-14-7-9-20-12-14/h3-7,9,12,17H,1-2,8,10-11H2. The van der Waals surface area contributed by atoms with E-state index >= 15 is 0 Å². The van der Waals surface area contributed by atoms with Gasteiger partial charge in [-0.15, -0.1) is 0 Å². The van der Waals surface area contributed by atoms with Crippen LogP contribution in [-0.4, -0.2) is 12.5 Å². The van der Waals surface area contributed by atoms with Gasteiger partial charge in [0, 0.05) is 31.7 Å². The molecule has 0 bridgehead atoms. The zero-order valence-electron chi connectivity index (χ0n) is 11.3. The van der Waals surface area contributed by atoms with Crippen molar-refractivity contribution in [1.82, 2.24) is 5.32 Å². The molecule has 1 aromatic heterocycles. The largest absolute Gasteiger partial charge is 0.312 e. The Morgan fingerprint density at radius 1 is 1.10 bits per heavy atom. The highest BCUT2D eigenvalue weighted by molar-refractivity contribution is 7.07. The van der Waals surface area contributed by atoms with E-state index < -0.39 is 0 Å². The second-order valence-corrected chi connectivity index (χ2v) is 5.83. The molecule has 104 valence electrons. The third kappa shape index (κ3) is 3.08. The van der Waals surface area contributed by atoms with Gasteiger partial charge in [-0.3, -0.25) is 4.79 Å². The number of nitrogens with one attached hydrogen (secondary N) is 1. The summed E-state index contributed by atoms with van der Waals surface area (Å²) in [5.74, 6) is 0.244. The monoisotopic (exact) mass is 286 g/mol. The van der Waals surface area contributed by atoms with Crippen LogP contribution < -0.4 is 10.2 Å². The van der Waals surface area contributed by atoms with Crippen LogP contribution in [0.5, 0.6) is 0 Å². The fourth-order valence-electron chi connectivity index (χ4n) is 2.46. The lowest BCUT2D eigenvalue weighted by molar-refractivity contribution is -0.117. The Labute approximate surface area is 123 Å². The molecule has 0 saturated carbocycles. The molecule has 0 aliphatic carbocycles. The molecular formula is C16H18N2OS. The van der Waals surface area contributed by atoms with Gasteiger partial charge in [-0.05, 0) is 46.5 Å². The minimum atomic E-state index is 0.244. The van der Waals surface area contributed by atoms with E-state index in [2.05, 4.69) is 34.3 Å². The summed E-state index contributed by atoms with van der Waals surface area (Å²) in [6.07, 6.45) is 1.66. The van der Waals surface area contributed by atoms with Crippen LogP contribution >= 0.6 is 11.3 Å². The van der Waals surface area contributed by atoms with E-state index in [9.17, 15) is 4.79 Å². The zero-order chi connectivity index (χ0) is 13.8. The predicted molar refractivity (Wildman–Crippen MR) is 82.9 cm³/mol. The second kappa shape index (κ2) is 6.20. The molecule has 1 N–H and O–H groups in total. The summed E-state index contributed by atoms with van der Waals surface area (Å²) in [4.78, 5) is 13.6. The normalized spacial score (nSPS) is 15.0. The van der Waals surface area contributed by atoms with Gasteiger partial charge in [-0.1, -0.05) is 12.1 Å². The number of carbonyl (C=O) groups excluding carboxylic acids is 1. The molecule has 4 heteroatoms. The Bertz CT molecular complexity index is 563. The Morgan fingerprint density at radius 2 is 1.90 bits per heavy atom. The van der Waals surface area contributed by atoms with Gasteiger partial charge in [0.1, 0.15) is 0 Å². The molecule has 1 fully saturated rings. The Hall–Kier alpha value is -1.65. The first-order chi connectivity index (χ1) is 9.83. The van der Waals surface area contributed by atoms with Gasteiger partial charge in [0.2, 0.25) is 5.91 Å². The number of nitrogens with zero attached hydrogens (tertiary/aromatic N) is 1. The summed E-state index contributed by atoms with van der Waals surface area (Å²) in [6, 6.07) is 10.4. The number of carbonyl (C=O) groups is 1. The minimum absolute atomic E-state index is 0.244. The van der Waals surface area contributed by atoms with Crippen molar-refractivity contribution in [1.29, 1.82) is 0 Å². The fourth-order valence-corrected chi connectivity index (χ4v) is 3.13. The number of thiophene rings is 1. The van der Waals surface area contributed by atoms with E-state index in [1.165, 1.54) is 11.1 Å². The highest BCUT2D eigenvalue weighted by atomic mass is 32.1. The molecule has 1 aliphatic heterocycles. The minimum Gasteiger partial charge on any atom is -0.312 e. The molecule has 1 aliphatic rings. The number of rotatable bonds is 5. The Balaban J connectivity index is 1.54. The summed E-state index contributed by atoms with van der Waals surface area (Å²) < 4.78 is 0. The van der Waals surface area contributed by atoms with Gasteiger partial charge in [0.25, 0.3) is 0 Å². The SMILES string of the molecule is O=C1CCCN1c1ccc(CNCc2ccsc2)cc1. The van der Waals surface area contributed by atoms with Crippen molar-refractivity contribution in [2.75, 3.05) is 11.4 Å². The van der Waals surface area contributed by atoms with Crippen LogP contribution in [0.2, 0.25) is 0 Å². The summed E-state index contributed by atoms with van der Waals surface area (Å²) >= 11 is 1.72. The molecule has 20 heavy (non-hydrogen) atoms. The maximum Gasteiger partial charge on any atom is 0.227 e. The number of benzene rings is 1. The number of hydrogen-bond acceptors (Lipinski definition) is 3. The van der Waals surface area contributed by atoms with E-state index in [1.54, 1.807) is 11.3 Å². The van der Waals surface area contributed by atoms with Crippen LogP contribution in [0.1, 0.15) is 24.0 Å².